The second kappa shape index (κ2) is 6.97. The summed E-state index contributed by atoms with van der Waals surface area (Å²) in [5, 5.41) is 3.31. The number of carbonyl (C=O) groups is 1. The number of aryl methyl sites for hydroxylation is 1. The van der Waals surface area contributed by atoms with Crippen LogP contribution >= 0.6 is 0 Å². The van der Waals surface area contributed by atoms with E-state index in [0.717, 1.165) is 61.3 Å². The van der Waals surface area contributed by atoms with Crippen LogP contribution in [0.3, 0.4) is 0 Å². The van der Waals surface area contributed by atoms with E-state index in [0.29, 0.717) is 0 Å². The molecule has 2 aromatic rings. The van der Waals surface area contributed by atoms with Crippen molar-refractivity contribution in [2.75, 3.05) is 13.1 Å². The Balaban J connectivity index is 1.41. The van der Waals surface area contributed by atoms with Crippen molar-refractivity contribution in [2.24, 2.45) is 0 Å². The van der Waals surface area contributed by atoms with Crippen molar-refractivity contribution in [1.82, 2.24) is 15.2 Å². The Hall–Kier alpha value is -2.40. The van der Waals surface area contributed by atoms with E-state index in [1.54, 1.807) is 6.20 Å². The first-order valence-corrected chi connectivity index (χ1v) is 9.74. The average molecular weight is 365 g/mol. The number of rotatable bonds is 3. The fraction of sp³-hybridized carbons (Fsp3) is 0.455. The lowest BCUT2D eigenvalue weighted by molar-refractivity contribution is -0.121. The Morgan fingerprint density at radius 3 is 2.52 bits per heavy atom. The molecule has 1 aromatic heterocycles. The Bertz CT molecular complexity index is 896. The second-order valence-electron chi connectivity index (χ2n) is 8.12. The van der Waals surface area contributed by atoms with E-state index in [1.165, 1.54) is 0 Å². The molecule has 5 nitrogen and oxygen atoms in total. The van der Waals surface area contributed by atoms with Crippen LogP contribution in [0.5, 0.6) is 0 Å². The van der Waals surface area contributed by atoms with Gasteiger partial charge in [0.1, 0.15) is 0 Å². The zero-order chi connectivity index (χ0) is 19.0. The van der Waals surface area contributed by atoms with E-state index in [-0.39, 0.29) is 22.8 Å². The zero-order valence-corrected chi connectivity index (χ0v) is 16.0. The Kier molecular flexibility index (Phi) is 4.64. The third-order valence-electron chi connectivity index (χ3n) is 6.31. The molecule has 1 amide bonds. The van der Waals surface area contributed by atoms with Crippen molar-refractivity contribution >= 4 is 5.91 Å². The highest BCUT2D eigenvalue weighted by Crippen LogP contribution is 2.39. The number of nitrogens with zero attached hydrogens (tertiary/aromatic N) is 1. The molecule has 0 aliphatic carbocycles. The number of aromatic nitrogens is 1. The zero-order valence-electron chi connectivity index (χ0n) is 16.0. The predicted octanol–water partition coefficient (Wildman–Crippen LogP) is 2.63. The summed E-state index contributed by atoms with van der Waals surface area (Å²) in [6.07, 6.45) is 4.59. The van der Waals surface area contributed by atoms with Gasteiger partial charge in [0.15, 0.2) is 5.43 Å². The summed E-state index contributed by atoms with van der Waals surface area (Å²) in [5.74, 6) is 0.127. The molecule has 0 radical (unpaired) electrons. The summed E-state index contributed by atoms with van der Waals surface area (Å²) in [6.45, 7) is 6.35. The molecule has 0 saturated carbocycles. The van der Waals surface area contributed by atoms with Gasteiger partial charge in [-0.1, -0.05) is 30.3 Å². The topological polar surface area (TPSA) is 65.2 Å². The maximum absolute atomic E-state index is 12.6. The lowest BCUT2D eigenvalue weighted by Gasteiger charge is -2.39. The van der Waals surface area contributed by atoms with Gasteiger partial charge >= 0.3 is 0 Å². The molecular formula is C22H27N3O2. The molecule has 1 atom stereocenters. The number of hydrogen-bond acceptors (Lipinski definition) is 3. The Morgan fingerprint density at radius 1 is 1.11 bits per heavy atom. The highest BCUT2D eigenvalue weighted by molar-refractivity contribution is 5.87. The monoisotopic (exact) mass is 365 g/mol. The van der Waals surface area contributed by atoms with Crippen LogP contribution in [0.25, 0.3) is 0 Å². The fourth-order valence-electron chi connectivity index (χ4n) is 4.50. The highest BCUT2D eigenvalue weighted by Gasteiger charge is 2.46. The molecule has 1 aromatic carbocycles. The number of carbonyl (C=O) groups excluding carboxylic acids is 1. The van der Waals surface area contributed by atoms with E-state index in [4.69, 9.17) is 0 Å². The Labute approximate surface area is 159 Å². The predicted molar refractivity (Wildman–Crippen MR) is 106 cm³/mol. The summed E-state index contributed by atoms with van der Waals surface area (Å²) >= 11 is 0. The van der Waals surface area contributed by atoms with E-state index in [2.05, 4.69) is 27.3 Å². The first-order chi connectivity index (χ1) is 13.0. The van der Waals surface area contributed by atoms with E-state index in [9.17, 15) is 9.59 Å². The van der Waals surface area contributed by atoms with Gasteiger partial charge in [-0.15, -0.1) is 0 Å². The molecule has 2 N–H and O–H groups in total. The minimum absolute atomic E-state index is 0.0338. The largest absolute Gasteiger partial charge is 0.363 e. The molecular weight excluding hydrogens is 338 g/mol. The second-order valence-corrected chi connectivity index (χ2v) is 8.12. The van der Waals surface area contributed by atoms with Crippen molar-refractivity contribution in [2.45, 2.75) is 51.1 Å². The van der Waals surface area contributed by atoms with Gasteiger partial charge in [-0.3, -0.25) is 14.5 Å². The molecule has 0 unspecified atom stereocenters. The van der Waals surface area contributed by atoms with Crippen LogP contribution in [0.15, 0.2) is 41.3 Å². The number of piperidine rings is 1. The smallest absolute Gasteiger partial charge is 0.228 e. The maximum Gasteiger partial charge on any atom is 0.228 e. The van der Waals surface area contributed by atoms with Gasteiger partial charge in [-0.25, -0.2) is 0 Å². The van der Waals surface area contributed by atoms with Gasteiger partial charge in [0.25, 0.3) is 0 Å². The van der Waals surface area contributed by atoms with Crippen LogP contribution in [-0.2, 0) is 11.3 Å². The highest BCUT2D eigenvalue weighted by atomic mass is 16.2. The van der Waals surface area contributed by atoms with Crippen molar-refractivity contribution in [3.63, 3.8) is 0 Å². The Morgan fingerprint density at radius 2 is 1.81 bits per heavy atom. The van der Waals surface area contributed by atoms with Gasteiger partial charge in [0, 0.05) is 48.2 Å². The molecule has 2 fully saturated rings. The number of likely N-dealkylation sites (tertiary alicyclic amines) is 1. The van der Waals surface area contributed by atoms with E-state index >= 15 is 0 Å². The molecule has 2 aliphatic heterocycles. The molecule has 142 valence electrons. The molecule has 3 heterocycles. The number of benzene rings is 1. The van der Waals surface area contributed by atoms with Gasteiger partial charge in [-0.05, 0) is 38.7 Å². The number of aromatic amines is 1. The lowest BCUT2D eigenvalue weighted by Crippen LogP contribution is -2.50. The minimum Gasteiger partial charge on any atom is -0.363 e. The number of pyridine rings is 1. The standard InChI is InChI=1S/C22H27N3O2/c1-15-13-23-19(16(2)20(15)26)14-25-10-8-22(9-11-25)12-18(21(27)24-22)17-6-4-3-5-7-17/h3-7,13,18H,8-12,14H2,1-2H3,(H,23,26)(H,24,27)/t18-/m0/s1. The van der Waals surface area contributed by atoms with Crippen LogP contribution in [0.4, 0.5) is 0 Å². The molecule has 1 spiro atoms. The van der Waals surface area contributed by atoms with Crippen molar-refractivity contribution < 1.29 is 4.79 Å². The molecule has 2 saturated heterocycles. The third kappa shape index (κ3) is 3.44. The van der Waals surface area contributed by atoms with Crippen LogP contribution < -0.4 is 10.7 Å². The first kappa shape index (κ1) is 18.0. The first-order valence-electron chi connectivity index (χ1n) is 9.74. The third-order valence-corrected chi connectivity index (χ3v) is 6.31. The van der Waals surface area contributed by atoms with E-state index in [1.807, 2.05) is 32.0 Å². The summed E-state index contributed by atoms with van der Waals surface area (Å²) < 4.78 is 0. The van der Waals surface area contributed by atoms with Gasteiger partial charge < -0.3 is 10.3 Å². The van der Waals surface area contributed by atoms with Gasteiger partial charge in [0.05, 0.1) is 5.92 Å². The van der Waals surface area contributed by atoms with Crippen molar-refractivity contribution in [3.05, 3.63) is 69.1 Å². The number of H-pyrrole nitrogens is 1. The number of hydrogen-bond donors (Lipinski definition) is 2. The quantitative estimate of drug-likeness (QED) is 0.879. The molecule has 5 heteroatoms. The minimum atomic E-state index is -0.0795. The average Bonchev–Trinajstić information content (AvgIpc) is 3.01. The summed E-state index contributed by atoms with van der Waals surface area (Å²) in [5.41, 5.74) is 3.74. The maximum atomic E-state index is 12.6. The number of amides is 1. The van der Waals surface area contributed by atoms with Crippen LogP contribution in [0.1, 0.15) is 47.6 Å². The fourth-order valence-corrected chi connectivity index (χ4v) is 4.50. The normalized spacial score (nSPS) is 22.1. The van der Waals surface area contributed by atoms with E-state index < -0.39 is 0 Å². The summed E-state index contributed by atoms with van der Waals surface area (Å²) in [4.78, 5) is 30.4. The van der Waals surface area contributed by atoms with Crippen LogP contribution in [0.2, 0.25) is 0 Å². The summed E-state index contributed by atoms with van der Waals surface area (Å²) in [7, 11) is 0. The van der Waals surface area contributed by atoms with Crippen molar-refractivity contribution in [3.8, 4) is 0 Å². The van der Waals surface area contributed by atoms with Gasteiger partial charge in [0.2, 0.25) is 5.91 Å². The molecule has 4 rings (SSSR count). The number of nitrogens with one attached hydrogen (secondary N) is 2. The molecule has 2 aliphatic rings. The SMILES string of the molecule is Cc1c[nH]c(CN2CCC3(CC2)C[C@@H](c2ccccc2)C(=O)N3)c(C)c1=O. The lowest BCUT2D eigenvalue weighted by atomic mass is 9.82. The van der Waals surface area contributed by atoms with Crippen molar-refractivity contribution in [1.29, 1.82) is 0 Å². The summed E-state index contributed by atoms with van der Waals surface area (Å²) in [6, 6.07) is 10.1. The van der Waals surface area contributed by atoms with Crippen LogP contribution in [0, 0.1) is 13.8 Å². The van der Waals surface area contributed by atoms with Gasteiger partial charge in [-0.2, -0.15) is 0 Å². The van der Waals surface area contributed by atoms with Crippen LogP contribution in [-0.4, -0.2) is 34.4 Å². The molecule has 0 bridgehead atoms. The molecule has 27 heavy (non-hydrogen) atoms.